The molecule has 0 radical (unpaired) electrons. The molecule has 0 heterocycles. The third-order valence-corrected chi connectivity index (χ3v) is 15.9. The van der Waals surface area contributed by atoms with Crippen molar-refractivity contribution in [1.82, 2.24) is 0 Å². The molecule has 0 atom stereocenters. The second kappa shape index (κ2) is 14.6. The van der Waals surface area contributed by atoms with Crippen LogP contribution in [0.2, 0.25) is 19.6 Å². The lowest BCUT2D eigenvalue weighted by atomic mass is 9.69. The van der Waals surface area contributed by atoms with E-state index in [1.165, 1.54) is 88.2 Å². The zero-order valence-electron chi connectivity index (χ0n) is 36.7. The molecule has 0 unspecified atom stereocenters. The van der Waals surface area contributed by atoms with E-state index in [0.29, 0.717) is 0 Å². The van der Waals surface area contributed by atoms with Gasteiger partial charge in [-0.2, -0.15) is 0 Å². The maximum absolute atomic E-state index is 2.53. The van der Waals surface area contributed by atoms with Crippen molar-refractivity contribution in [1.29, 1.82) is 0 Å². The van der Waals surface area contributed by atoms with E-state index >= 15 is 0 Å². The molecular weight excluding hydrogens is 789 g/mol. The monoisotopic (exact) mass is 836 g/mol. The quantitative estimate of drug-likeness (QED) is 0.148. The Kier molecular flexibility index (Phi) is 8.69. The minimum absolute atomic E-state index is 0.512. The van der Waals surface area contributed by atoms with E-state index in [2.05, 4.69) is 255 Å². The minimum atomic E-state index is -1.71. The summed E-state index contributed by atoms with van der Waals surface area (Å²) in [5, 5.41) is 6.43. The smallest absolute Gasteiger partial charge is 0.0803 e. The lowest BCUT2D eigenvalue weighted by Crippen LogP contribution is -2.40. The van der Waals surface area contributed by atoms with Gasteiger partial charge in [-0.25, -0.2) is 0 Å². The fraction of sp³-hybridized carbons (Fsp3) is 0.0820. The highest BCUT2D eigenvalue weighted by Crippen LogP contribution is 2.64. The Balaban J connectivity index is 1.11. The summed E-state index contributed by atoms with van der Waals surface area (Å²) in [6.45, 7) is 9.54. The number of aryl methyl sites for hydroxylation is 1. The van der Waals surface area contributed by atoms with Gasteiger partial charge in [-0.1, -0.05) is 165 Å². The molecule has 306 valence electrons. The van der Waals surface area contributed by atoms with Crippen molar-refractivity contribution < 1.29 is 0 Å². The molecule has 64 heavy (non-hydrogen) atoms. The van der Waals surface area contributed by atoms with Crippen LogP contribution in [0.3, 0.4) is 0 Å². The maximum Gasteiger partial charge on any atom is 0.0803 e. The molecule has 0 fully saturated rings. The first-order chi connectivity index (χ1) is 31.3. The number of para-hydroxylation sites is 4. The number of nitrogens with zero attached hydrogens (tertiary/aromatic N) is 2. The highest BCUT2D eigenvalue weighted by molar-refractivity contribution is 6.89. The van der Waals surface area contributed by atoms with E-state index < -0.39 is 13.5 Å². The molecule has 3 heteroatoms. The van der Waals surface area contributed by atoms with Crippen LogP contribution in [0.5, 0.6) is 0 Å². The van der Waals surface area contributed by atoms with Crippen LogP contribution in [0.15, 0.2) is 218 Å². The second-order valence-corrected chi connectivity index (χ2v) is 23.6. The zero-order chi connectivity index (χ0) is 43.2. The van der Waals surface area contributed by atoms with E-state index in [4.69, 9.17) is 0 Å². The van der Waals surface area contributed by atoms with E-state index in [0.717, 1.165) is 22.7 Å². The van der Waals surface area contributed by atoms with Gasteiger partial charge >= 0.3 is 0 Å². The summed E-state index contributed by atoms with van der Waals surface area (Å²) < 4.78 is 0. The van der Waals surface area contributed by atoms with Gasteiger partial charge < -0.3 is 9.80 Å². The van der Waals surface area contributed by atoms with Crippen LogP contribution in [0.25, 0.3) is 43.8 Å². The molecule has 0 aromatic heterocycles. The summed E-state index contributed by atoms with van der Waals surface area (Å²) >= 11 is 0. The van der Waals surface area contributed by atoms with Crippen LogP contribution in [0.4, 0.5) is 34.1 Å². The first kappa shape index (κ1) is 38.2. The molecule has 0 saturated carbocycles. The number of rotatable bonds is 7. The summed E-state index contributed by atoms with van der Waals surface area (Å²) in [6, 6.07) is 81.7. The van der Waals surface area contributed by atoms with Crippen molar-refractivity contribution in [2.75, 3.05) is 9.80 Å². The fourth-order valence-electron chi connectivity index (χ4n) is 11.1. The Morgan fingerprint density at radius 3 is 1.55 bits per heavy atom. The molecule has 10 aromatic rings. The third kappa shape index (κ3) is 5.70. The molecule has 10 aromatic carbocycles. The fourth-order valence-corrected chi connectivity index (χ4v) is 12.7. The lowest BCUT2D eigenvalue weighted by molar-refractivity contribution is 0.802. The molecule has 0 amide bonds. The zero-order valence-corrected chi connectivity index (χ0v) is 37.7. The van der Waals surface area contributed by atoms with Gasteiger partial charge in [0.05, 0.1) is 13.5 Å². The molecule has 0 bridgehead atoms. The molecule has 2 nitrogen and oxygen atoms in total. The maximum atomic E-state index is 2.53. The largest absolute Gasteiger partial charge is 0.311 e. The van der Waals surface area contributed by atoms with Gasteiger partial charge in [0.2, 0.25) is 0 Å². The van der Waals surface area contributed by atoms with Crippen molar-refractivity contribution in [3.63, 3.8) is 0 Å². The first-order valence-corrected chi connectivity index (χ1v) is 26.0. The molecule has 2 aliphatic rings. The van der Waals surface area contributed by atoms with Gasteiger partial charge in [0.1, 0.15) is 0 Å². The standard InChI is InChI=1S/C61H48N2Si/c1-41-19-11-16-28-57(41)62(45-20-7-5-8-21-45)47-33-31-42-39-53-52-35-32-43-37-48(63(46-22-9-6-10-23-46)58-29-17-18-30-59(58)64(2,3)4)34-36-49(43)60(52)61(56(53)40-44(42)38-47)54-26-14-12-24-50(54)51-25-13-15-27-55(51)61/h5-40H,1-4H3. The van der Waals surface area contributed by atoms with E-state index in [1.54, 1.807) is 0 Å². The highest BCUT2D eigenvalue weighted by atomic mass is 28.3. The van der Waals surface area contributed by atoms with E-state index in [9.17, 15) is 0 Å². The summed E-state index contributed by atoms with van der Waals surface area (Å²) in [5.41, 5.74) is 18.4. The van der Waals surface area contributed by atoms with Gasteiger partial charge in [0, 0.05) is 34.1 Å². The van der Waals surface area contributed by atoms with Gasteiger partial charge in [0.25, 0.3) is 0 Å². The Labute approximate surface area is 377 Å². The SMILES string of the molecule is Cc1ccccc1N(c1ccccc1)c1ccc2cc3c(cc2c1)C1(c2ccccc2-c2ccccc21)c1c-3ccc2cc(N(c3ccccc3)c3ccccc3[Si](C)(C)C)ccc12. The summed E-state index contributed by atoms with van der Waals surface area (Å²) in [7, 11) is -1.71. The molecule has 1 spiro atoms. The number of hydrogen-bond donors (Lipinski definition) is 0. The van der Waals surface area contributed by atoms with Gasteiger partial charge in [-0.3, -0.25) is 0 Å². The van der Waals surface area contributed by atoms with Crippen molar-refractivity contribution >= 4 is 68.9 Å². The number of fused-ring (bicyclic) bond motifs is 13. The van der Waals surface area contributed by atoms with E-state index in [-0.39, 0.29) is 0 Å². The van der Waals surface area contributed by atoms with Crippen LogP contribution >= 0.6 is 0 Å². The van der Waals surface area contributed by atoms with Crippen molar-refractivity contribution in [3.8, 4) is 22.3 Å². The number of anilines is 6. The molecule has 0 N–H and O–H groups in total. The predicted molar refractivity (Wildman–Crippen MR) is 275 cm³/mol. The third-order valence-electron chi connectivity index (χ3n) is 13.8. The Bertz CT molecular complexity index is 3410. The van der Waals surface area contributed by atoms with Crippen molar-refractivity contribution in [2.45, 2.75) is 32.0 Å². The van der Waals surface area contributed by atoms with Crippen LogP contribution in [0.1, 0.15) is 27.8 Å². The van der Waals surface area contributed by atoms with Gasteiger partial charge in [-0.05, 0) is 157 Å². The van der Waals surface area contributed by atoms with E-state index in [1.807, 2.05) is 0 Å². The Morgan fingerprint density at radius 1 is 0.359 bits per heavy atom. The average molecular weight is 837 g/mol. The van der Waals surface area contributed by atoms with Gasteiger partial charge in [0.15, 0.2) is 0 Å². The van der Waals surface area contributed by atoms with Crippen LogP contribution in [-0.2, 0) is 5.41 Å². The molecule has 2 aliphatic carbocycles. The molecular formula is C61H48N2Si. The first-order valence-electron chi connectivity index (χ1n) is 22.5. The van der Waals surface area contributed by atoms with Crippen LogP contribution in [-0.4, -0.2) is 8.07 Å². The summed E-state index contributed by atoms with van der Waals surface area (Å²) in [5.74, 6) is 0. The summed E-state index contributed by atoms with van der Waals surface area (Å²) in [4.78, 5) is 4.88. The molecule has 12 rings (SSSR count). The molecule has 0 aliphatic heterocycles. The number of benzene rings is 10. The highest BCUT2D eigenvalue weighted by Gasteiger charge is 2.52. The average Bonchev–Trinajstić information content (AvgIpc) is 3.79. The Hall–Kier alpha value is -7.46. The van der Waals surface area contributed by atoms with Crippen LogP contribution in [0, 0.1) is 6.92 Å². The Morgan fingerprint density at radius 2 is 0.891 bits per heavy atom. The topological polar surface area (TPSA) is 6.48 Å². The van der Waals surface area contributed by atoms with Crippen LogP contribution < -0.4 is 15.0 Å². The second-order valence-electron chi connectivity index (χ2n) is 18.6. The summed E-state index contributed by atoms with van der Waals surface area (Å²) in [6.07, 6.45) is 0. The predicted octanol–water partition coefficient (Wildman–Crippen LogP) is 16.1. The normalized spacial score (nSPS) is 13.1. The van der Waals surface area contributed by atoms with Gasteiger partial charge in [-0.15, -0.1) is 0 Å². The molecule has 0 saturated heterocycles. The van der Waals surface area contributed by atoms with Crippen molar-refractivity contribution in [2.24, 2.45) is 0 Å². The number of hydrogen-bond acceptors (Lipinski definition) is 2. The van der Waals surface area contributed by atoms with Crippen molar-refractivity contribution in [3.05, 3.63) is 246 Å². The minimum Gasteiger partial charge on any atom is -0.311 e. The lowest BCUT2D eigenvalue weighted by Gasteiger charge is -2.33.